The van der Waals surface area contributed by atoms with E-state index in [-0.39, 0.29) is 5.82 Å². The summed E-state index contributed by atoms with van der Waals surface area (Å²) in [6, 6.07) is 14.5. The minimum atomic E-state index is -0.861. The van der Waals surface area contributed by atoms with Gasteiger partial charge in [0, 0.05) is 31.9 Å². The smallest absolute Gasteiger partial charge is 0.407 e. The number of carboxylic acid groups (broad SMARTS) is 1. The quantitative estimate of drug-likeness (QED) is 0.925. The maximum absolute atomic E-state index is 13.0. The molecule has 0 aliphatic carbocycles. The van der Waals surface area contributed by atoms with Gasteiger partial charge in [-0.2, -0.15) is 0 Å². The van der Waals surface area contributed by atoms with E-state index in [0.29, 0.717) is 26.2 Å². The Labute approximate surface area is 128 Å². The molecule has 1 aliphatic rings. The predicted octanol–water partition coefficient (Wildman–Crippen LogP) is 3.29. The first-order chi connectivity index (χ1) is 10.6. The molecule has 3 rings (SSSR count). The molecule has 0 radical (unpaired) electrons. The Kier molecular flexibility index (Phi) is 3.96. The fourth-order valence-electron chi connectivity index (χ4n) is 2.68. The van der Waals surface area contributed by atoms with Gasteiger partial charge in [-0.25, -0.2) is 9.18 Å². The molecule has 22 heavy (non-hydrogen) atoms. The molecule has 5 heteroatoms. The zero-order valence-electron chi connectivity index (χ0n) is 12.1. The van der Waals surface area contributed by atoms with Crippen molar-refractivity contribution in [3.8, 4) is 11.1 Å². The van der Waals surface area contributed by atoms with Gasteiger partial charge in [-0.05, 0) is 35.4 Å². The van der Waals surface area contributed by atoms with Crippen LogP contribution in [0.3, 0.4) is 0 Å². The molecule has 0 bridgehead atoms. The summed E-state index contributed by atoms with van der Waals surface area (Å²) in [7, 11) is 0. The second kappa shape index (κ2) is 6.05. The van der Waals surface area contributed by atoms with Crippen molar-refractivity contribution in [2.45, 2.75) is 0 Å². The van der Waals surface area contributed by atoms with Gasteiger partial charge in [-0.15, -0.1) is 0 Å². The number of benzene rings is 2. The normalized spacial score (nSPS) is 15.0. The lowest BCUT2D eigenvalue weighted by molar-refractivity contribution is 0.142. The molecular weight excluding hydrogens is 283 g/mol. The van der Waals surface area contributed by atoms with E-state index in [4.69, 9.17) is 5.11 Å². The molecule has 114 valence electrons. The summed E-state index contributed by atoms with van der Waals surface area (Å²) in [6.07, 6.45) is -0.861. The molecule has 4 nitrogen and oxygen atoms in total. The summed E-state index contributed by atoms with van der Waals surface area (Å²) >= 11 is 0. The van der Waals surface area contributed by atoms with Crippen LogP contribution in [0.5, 0.6) is 0 Å². The number of rotatable bonds is 2. The number of nitrogens with zero attached hydrogens (tertiary/aromatic N) is 2. The van der Waals surface area contributed by atoms with Gasteiger partial charge in [0.15, 0.2) is 0 Å². The standard InChI is InChI=1S/C17H17FN2O2/c18-15-6-4-13(5-7-15)14-2-1-3-16(12-14)19-8-10-20(11-9-19)17(21)22/h1-7,12H,8-11H2,(H,21,22). The van der Waals surface area contributed by atoms with Crippen molar-refractivity contribution in [2.24, 2.45) is 0 Å². The van der Waals surface area contributed by atoms with Crippen molar-refractivity contribution in [3.05, 3.63) is 54.3 Å². The predicted molar refractivity (Wildman–Crippen MR) is 83.6 cm³/mol. The topological polar surface area (TPSA) is 43.8 Å². The van der Waals surface area contributed by atoms with E-state index in [1.807, 2.05) is 18.2 Å². The third kappa shape index (κ3) is 3.03. The van der Waals surface area contributed by atoms with E-state index >= 15 is 0 Å². The number of halogens is 1. The fraction of sp³-hybridized carbons (Fsp3) is 0.235. The number of piperazine rings is 1. The van der Waals surface area contributed by atoms with Gasteiger partial charge >= 0.3 is 6.09 Å². The summed E-state index contributed by atoms with van der Waals surface area (Å²) in [5.41, 5.74) is 3.05. The zero-order valence-corrected chi connectivity index (χ0v) is 12.1. The van der Waals surface area contributed by atoms with E-state index in [9.17, 15) is 9.18 Å². The van der Waals surface area contributed by atoms with Gasteiger partial charge in [-0.3, -0.25) is 0 Å². The van der Waals surface area contributed by atoms with Crippen LogP contribution in [0.25, 0.3) is 11.1 Å². The fourth-order valence-corrected chi connectivity index (χ4v) is 2.68. The van der Waals surface area contributed by atoms with Crippen LogP contribution in [0.1, 0.15) is 0 Å². The summed E-state index contributed by atoms with van der Waals surface area (Å²) in [5.74, 6) is -0.246. The molecule has 0 aromatic heterocycles. The van der Waals surface area contributed by atoms with Gasteiger partial charge in [-0.1, -0.05) is 24.3 Å². The van der Waals surface area contributed by atoms with Gasteiger partial charge in [0.25, 0.3) is 0 Å². The molecule has 0 spiro atoms. The molecular formula is C17H17FN2O2. The van der Waals surface area contributed by atoms with Crippen molar-refractivity contribution in [1.29, 1.82) is 0 Å². The van der Waals surface area contributed by atoms with E-state index < -0.39 is 6.09 Å². The third-order valence-corrected chi connectivity index (χ3v) is 3.94. The van der Waals surface area contributed by atoms with E-state index in [1.54, 1.807) is 12.1 Å². The van der Waals surface area contributed by atoms with Crippen LogP contribution in [0, 0.1) is 5.82 Å². The second-order valence-corrected chi connectivity index (χ2v) is 5.31. The van der Waals surface area contributed by atoms with Crippen LogP contribution in [0.15, 0.2) is 48.5 Å². The molecule has 0 atom stereocenters. The van der Waals surface area contributed by atoms with Crippen LogP contribution in [0.4, 0.5) is 14.9 Å². The van der Waals surface area contributed by atoms with Crippen molar-refractivity contribution in [2.75, 3.05) is 31.1 Å². The van der Waals surface area contributed by atoms with Gasteiger partial charge < -0.3 is 14.9 Å². The monoisotopic (exact) mass is 300 g/mol. The highest BCUT2D eigenvalue weighted by molar-refractivity contribution is 5.69. The Morgan fingerprint density at radius 1 is 0.955 bits per heavy atom. The lowest BCUT2D eigenvalue weighted by atomic mass is 10.0. The first-order valence-electron chi connectivity index (χ1n) is 7.22. The van der Waals surface area contributed by atoms with Crippen molar-refractivity contribution < 1.29 is 14.3 Å². The summed E-state index contributed by atoms with van der Waals surface area (Å²) in [4.78, 5) is 14.5. The van der Waals surface area contributed by atoms with Crippen LogP contribution < -0.4 is 4.90 Å². The Bertz CT molecular complexity index is 665. The van der Waals surface area contributed by atoms with Crippen LogP contribution in [0.2, 0.25) is 0 Å². The number of hydrogen-bond donors (Lipinski definition) is 1. The molecule has 2 aromatic carbocycles. The van der Waals surface area contributed by atoms with E-state index in [1.165, 1.54) is 17.0 Å². The molecule has 1 N–H and O–H groups in total. The van der Waals surface area contributed by atoms with Crippen LogP contribution in [-0.4, -0.2) is 42.3 Å². The highest BCUT2D eigenvalue weighted by Crippen LogP contribution is 2.25. The minimum absolute atomic E-state index is 0.246. The summed E-state index contributed by atoms with van der Waals surface area (Å²) in [6.45, 7) is 2.38. The van der Waals surface area contributed by atoms with Gasteiger partial charge in [0.05, 0.1) is 0 Å². The molecule has 1 fully saturated rings. The van der Waals surface area contributed by atoms with E-state index in [2.05, 4.69) is 11.0 Å². The Morgan fingerprint density at radius 2 is 1.64 bits per heavy atom. The maximum atomic E-state index is 13.0. The molecule has 1 aliphatic heterocycles. The number of amides is 1. The van der Waals surface area contributed by atoms with Crippen molar-refractivity contribution >= 4 is 11.8 Å². The summed E-state index contributed by atoms with van der Waals surface area (Å²) < 4.78 is 13.0. The van der Waals surface area contributed by atoms with Crippen LogP contribution in [-0.2, 0) is 0 Å². The molecule has 1 saturated heterocycles. The molecule has 1 amide bonds. The maximum Gasteiger partial charge on any atom is 0.407 e. The van der Waals surface area contributed by atoms with Gasteiger partial charge in [0.1, 0.15) is 5.82 Å². The molecule has 0 saturated carbocycles. The highest BCUT2D eigenvalue weighted by Gasteiger charge is 2.20. The lowest BCUT2D eigenvalue weighted by Gasteiger charge is -2.34. The van der Waals surface area contributed by atoms with Crippen molar-refractivity contribution in [3.63, 3.8) is 0 Å². The van der Waals surface area contributed by atoms with Gasteiger partial charge in [0.2, 0.25) is 0 Å². The van der Waals surface area contributed by atoms with Crippen molar-refractivity contribution in [1.82, 2.24) is 4.90 Å². The Balaban J connectivity index is 1.77. The Hall–Kier alpha value is -2.56. The number of hydrogen-bond acceptors (Lipinski definition) is 2. The zero-order chi connectivity index (χ0) is 15.5. The molecule has 0 unspecified atom stereocenters. The van der Waals surface area contributed by atoms with E-state index in [0.717, 1.165) is 16.8 Å². The minimum Gasteiger partial charge on any atom is -0.465 e. The molecule has 2 aromatic rings. The second-order valence-electron chi connectivity index (χ2n) is 5.31. The average Bonchev–Trinajstić information content (AvgIpc) is 2.56. The highest BCUT2D eigenvalue weighted by atomic mass is 19.1. The summed E-state index contributed by atoms with van der Waals surface area (Å²) in [5, 5.41) is 8.99. The lowest BCUT2D eigenvalue weighted by Crippen LogP contribution is -2.48. The number of anilines is 1. The Morgan fingerprint density at radius 3 is 2.27 bits per heavy atom. The number of carbonyl (C=O) groups is 1. The molecule has 1 heterocycles. The average molecular weight is 300 g/mol. The first kappa shape index (κ1) is 14.4. The van der Waals surface area contributed by atoms with Crippen LogP contribution >= 0.6 is 0 Å². The third-order valence-electron chi connectivity index (χ3n) is 3.94. The first-order valence-corrected chi connectivity index (χ1v) is 7.22. The largest absolute Gasteiger partial charge is 0.465 e. The SMILES string of the molecule is O=C(O)N1CCN(c2cccc(-c3ccc(F)cc3)c2)CC1.